The van der Waals surface area contributed by atoms with Crippen LogP contribution in [0.25, 0.3) is 0 Å². The van der Waals surface area contributed by atoms with Gasteiger partial charge in [0.1, 0.15) is 5.00 Å². The van der Waals surface area contributed by atoms with Gasteiger partial charge < -0.3 is 5.11 Å². The maximum Gasteiger partial charge on any atom is 0.409 e. The molecule has 5 nitrogen and oxygen atoms in total. The van der Waals surface area contributed by atoms with Crippen LogP contribution < -0.4 is 5.32 Å². The van der Waals surface area contributed by atoms with Crippen LogP contribution >= 0.6 is 11.5 Å². The minimum Gasteiger partial charge on any atom is -0.465 e. The number of nitrogens with one attached hydrogen (secondary N) is 1. The molecule has 1 aromatic rings. The lowest BCUT2D eigenvalue weighted by Gasteiger charge is -1.88. The second kappa shape index (κ2) is 2.40. The first kappa shape index (κ1) is 5.96. The SMILES string of the molecule is O=C(O)Nc1cnns1. The van der Waals surface area contributed by atoms with E-state index in [1.54, 1.807) is 0 Å². The van der Waals surface area contributed by atoms with Crippen LogP contribution in [0.4, 0.5) is 9.80 Å². The second-order valence-corrected chi connectivity index (χ2v) is 2.00. The number of aromatic nitrogens is 2. The summed E-state index contributed by atoms with van der Waals surface area (Å²) in [5.41, 5.74) is 0. The molecule has 0 aliphatic rings. The van der Waals surface area contributed by atoms with Gasteiger partial charge in [-0.25, -0.2) is 4.79 Å². The second-order valence-electron chi connectivity index (χ2n) is 1.21. The van der Waals surface area contributed by atoms with E-state index in [0.717, 1.165) is 11.5 Å². The molecule has 0 bridgehead atoms. The smallest absolute Gasteiger partial charge is 0.409 e. The van der Waals surface area contributed by atoms with Gasteiger partial charge in [0.2, 0.25) is 0 Å². The lowest BCUT2D eigenvalue weighted by atomic mass is 10.8. The number of anilines is 1. The molecule has 2 N–H and O–H groups in total. The molecule has 0 radical (unpaired) electrons. The fourth-order valence-corrected chi connectivity index (χ4v) is 0.737. The van der Waals surface area contributed by atoms with E-state index in [9.17, 15) is 4.79 Å². The molecular weight excluding hydrogens is 142 g/mol. The van der Waals surface area contributed by atoms with Gasteiger partial charge in [-0.2, -0.15) is 0 Å². The molecule has 0 fully saturated rings. The third kappa shape index (κ3) is 1.65. The normalized spacial score (nSPS) is 8.89. The molecule has 9 heavy (non-hydrogen) atoms. The summed E-state index contributed by atoms with van der Waals surface area (Å²) < 4.78 is 3.44. The zero-order valence-corrected chi connectivity index (χ0v) is 5.05. The predicted octanol–water partition coefficient (Wildman–Crippen LogP) is 0.628. The largest absolute Gasteiger partial charge is 0.465 e. The molecule has 0 aliphatic carbocycles. The van der Waals surface area contributed by atoms with Crippen molar-refractivity contribution in [1.29, 1.82) is 0 Å². The molecule has 6 heteroatoms. The van der Waals surface area contributed by atoms with Crippen LogP contribution in [0.5, 0.6) is 0 Å². The number of carbonyl (C=O) groups is 1. The average molecular weight is 145 g/mol. The Morgan fingerprint density at radius 3 is 3.11 bits per heavy atom. The van der Waals surface area contributed by atoms with Crippen LogP contribution in [0, 0.1) is 0 Å². The van der Waals surface area contributed by atoms with Crippen molar-refractivity contribution < 1.29 is 9.90 Å². The van der Waals surface area contributed by atoms with Crippen LogP contribution in [-0.4, -0.2) is 20.8 Å². The Hall–Kier alpha value is -1.17. The average Bonchev–Trinajstić information content (AvgIpc) is 2.15. The summed E-state index contributed by atoms with van der Waals surface area (Å²) in [5.74, 6) is 0. The van der Waals surface area contributed by atoms with Gasteiger partial charge in [-0.15, -0.1) is 5.10 Å². The molecule has 0 aliphatic heterocycles. The Bertz CT molecular complexity index is 197. The van der Waals surface area contributed by atoms with Crippen LogP contribution in [0.1, 0.15) is 0 Å². The van der Waals surface area contributed by atoms with E-state index in [0.29, 0.717) is 5.00 Å². The highest BCUT2D eigenvalue weighted by atomic mass is 32.1. The summed E-state index contributed by atoms with van der Waals surface area (Å²) in [6, 6.07) is 0. The van der Waals surface area contributed by atoms with Crippen molar-refractivity contribution in [3.8, 4) is 0 Å². The molecule has 0 atom stereocenters. The fourth-order valence-electron chi connectivity index (χ4n) is 0.328. The summed E-state index contributed by atoms with van der Waals surface area (Å²) in [5, 5.41) is 14.1. The third-order valence-corrected chi connectivity index (χ3v) is 1.17. The van der Waals surface area contributed by atoms with Gasteiger partial charge >= 0.3 is 6.09 Å². The van der Waals surface area contributed by atoms with Crippen molar-refractivity contribution in [1.82, 2.24) is 9.59 Å². The fraction of sp³-hybridized carbons (Fsp3) is 0. The molecular formula is C3H3N3O2S. The molecule has 1 heterocycles. The number of rotatable bonds is 1. The first-order chi connectivity index (χ1) is 4.29. The Morgan fingerprint density at radius 2 is 2.67 bits per heavy atom. The highest BCUT2D eigenvalue weighted by molar-refractivity contribution is 7.10. The topological polar surface area (TPSA) is 75.1 Å². The summed E-state index contributed by atoms with van der Waals surface area (Å²) in [4.78, 5) is 9.91. The van der Waals surface area contributed by atoms with E-state index in [2.05, 4.69) is 14.9 Å². The Kier molecular flexibility index (Phi) is 1.59. The van der Waals surface area contributed by atoms with E-state index in [-0.39, 0.29) is 0 Å². The molecule has 0 spiro atoms. The number of hydrogen-bond donors (Lipinski definition) is 2. The van der Waals surface area contributed by atoms with E-state index in [1.165, 1.54) is 6.20 Å². The highest BCUT2D eigenvalue weighted by Crippen LogP contribution is 2.07. The van der Waals surface area contributed by atoms with Gasteiger partial charge in [0, 0.05) is 11.5 Å². The van der Waals surface area contributed by atoms with Gasteiger partial charge in [-0.3, -0.25) is 5.32 Å². The molecule has 0 saturated heterocycles. The number of carboxylic acid groups (broad SMARTS) is 1. The van der Waals surface area contributed by atoms with E-state index in [1.807, 2.05) is 0 Å². The quantitative estimate of drug-likeness (QED) is 0.607. The Balaban J connectivity index is 2.58. The van der Waals surface area contributed by atoms with Crippen LogP contribution in [-0.2, 0) is 0 Å². The first-order valence-corrected chi connectivity index (χ1v) is 2.83. The van der Waals surface area contributed by atoms with Gasteiger partial charge in [-0.1, -0.05) is 4.49 Å². The zero-order valence-electron chi connectivity index (χ0n) is 4.24. The summed E-state index contributed by atoms with van der Waals surface area (Å²) in [6.45, 7) is 0. The molecule has 1 aromatic heterocycles. The van der Waals surface area contributed by atoms with Crippen molar-refractivity contribution in [3.05, 3.63) is 6.20 Å². The summed E-state index contributed by atoms with van der Waals surface area (Å²) >= 11 is 0.998. The molecule has 0 saturated carbocycles. The number of hydrogen-bond acceptors (Lipinski definition) is 4. The van der Waals surface area contributed by atoms with Gasteiger partial charge in [0.15, 0.2) is 0 Å². The van der Waals surface area contributed by atoms with Crippen molar-refractivity contribution in [2.45, 2.75) is 0 Å². The van der Waals surface area contributed by atoms with Gasteiger partial charge in [0.25, 0.3) is 0 Å². The third-order valence-electron chi connectivity index (χ3n) is 0.591. The standard InChI is InChI=1S/C3H3N3O2S/c7-3(8)5-2-1-4-6-9-2/h1,5H,(H,7,8). The summed E-state index contributed by atoms with van der Waals surface area (Å²) in [6.07, 6.45) is 0.250. The van der Waals surface area contributed by atoms with Gasteiger partial charge in [-0.05, 0) is 0 Å². The lowest BCUT2D eigenvalue weighted by molar-refractivity contribution is 0.210. The summed E-state index contributed by atoms with van der Waals surface area (Å²) in [7, 11) is 0. The van der Waals surface area contributed by atoms with E-state index < -0.39 is 6.09 Å². The van der Waals surface area contributed by atoms with E-state index >= 15 is 0 Å². The van der Waals surface area contributed by atoms with Crippen molar-refractivity contribution in [2.24, 2.45) is 0 Å². The predicted molar refractivity (Wildman–Crippen MR) is 31.6 cm³/mol. The number of nitrogens with zero attached hydrogens (tertiary/aromatic N) is 2. The number of amides is 1. The van der Waals surface area contributed by atoms with Crippen molar-refractivity contribution in [2.75, 3.05) is 5.32 Å². The Labute approximate surface area is 54.5 Å². The van der Waals surface area contributed by atoms with E-state index in [4.69, 9.17) is 5.11 Å². The minimum atomic E-state index is -1.10. The first-order valence-electron chi connectivity index (χ1n) is 2.06. The minimum absolute atomic E-state index is 0.433. The maximum atomic E-state index is 9.91. The molecule has 1 rings (SSSR count). The molecule has 0 unspecified atom stereocenters. The Morgan fingerprint density at radius 1 is 1.89 bits per heavy atom. The monoisotopic (exact) mass is 145 g/mol. The lowest BCUT2D eigenvalue weighted by Crippen LogP contribution is -2.05. The molecule has 1 amide bonds. The molecule has 0 aromatic carbocycles. The zero-order chi connectivity index (χ0) is 6.69. The maximum absolute atomic E-state index is 9.91. The van der Waals surface area contributed by atoms with Crippen LogP contribution in [0.3, 0.4) is 0 Å². The van der Waals surface area contributed by atoms with Crippen LogP contribution in [0.2, 0.25) is 0 Å². The van der Waals surface area contributed by atoms with Crippen molar-refractivity contribution in [3.63, 3.8) is 0 Å². The highest BCUT2D eigenvalue weighted by Gasteiger charge is 1.97. The van der Waals surface area contributed by atoms with Crippen LogP contribution in [0.15, 0.2) is 6.20 Å². The van der Waals surface area contributed by atoms with Crippen molar-refractivity contribution >= 4 is 22.6 Å². The van der Waals surface area contributed by atoms with Gasteiger partial charge in [0.05, 0.1) is 6.20 Å². The molecule has 48 valence electrons.